The first kappa shape index (κ1) is 15.2. The lowest BCUT2D eigenvalue weighted by atomic mass is 9.98. The average Bonchev–Trinajstić information content (AvgIpc) is 3.02. The van der Waals surface area contributed by atoms with E-state index in [0.29, 0.717) is 49.6 Å². The smallest absolute Gasteiger partial charge is 0.243 e. The van der Waals surface area contributed by atoms with Gasteiger partial charge in [0, 0.05) is 31.6 Å². The van der Waals surface area contributed by atoms with Gasteiger partial charge in [0.15, 0.2) is 11.5 Å². The Morgan fingerprint density at radius 2 is 1.87 bits per heavy atom. The predicted octanol–water partition coefficient (Wildman–Crippen LogP) is 1.21. The highest BCUT2D eigenvalue weighted by Crippen LogP contribution is 2.40. The molecule has 126 valence electrons. The van der Waals surface area contributed by atoms with Crippen LogP contribution in [0.25, 0.3) is 0 Å². The van der Waals surface area contributed by atoms with E-state index in [0.717, 1.165) is 19.3 Å². The summed E-state index contributed by atoms with van der Waals surface area (Å²) in [4.78, 5) is 0.273. The van der Waals surface area contributed by atoms with Crippen LogP contribution in [0.1, 0.15) is 19.3 Å². The first-order valence-electron chi connectivity index (χ1n) is 8.21. The van der Waals surface area contributed by atoms with Gasteiger partial charge in [0.25, 0.3) is 0 Å². The van der Waals surface area contributed by atoms with Crippen molar-refractivity contribution in [3.63, 3.8) is 0 Å². The minimum Gasteiger partial charge on any atom is -0.490 e. The molecular weight excluding hydrogens is 316 g/mol. The average molecular weight is 338 g/mol. The van der Waals surface area contributed by atoms with Crippen molar-refractivity contribution in [3.8, 4) is 11.5 Å². The van der Waals surface area contributed by atoms with Gasteiger partial charge in [-0.25, -0.2) is 8.42 Å². The van der Waals surface area contributed by atoms with E-state index in [-0.39, 0.29) is 10.9 Å². The van der Waals surface area contributed by atoms with E-state index in [1.54, 1.807) is 22.5 Å². The van der Waals surface area contributed by atoms with E-state index >= 15 is 0 Å². The van der Waals surface area contributed by atoms with Crippen LogP contribution in [0.3, 0.4) is 0 Å². The monoisotopic (exact) mass is 338 g/mol. The highest BCUT2D eigenvalue weighted by Gasteiger charge is 2.45. The van der Waals surface area contributed by atoms with Gasteiger partial charge in [-0.15, -0.1) is 0 Å². The van der Waals surface area contributed by atoms with Crippen molar-refractivity contribution in [1.82, 2.24) is 4.31 Å². The van der Waals surface area contributed by atoms with Crippen LogP contribution in [0.15, 0.2) is 23.1 Å². The second-order valence-electron chi connectivity index (χ2n) is 6.65. The highest BCUT2D eigenvalue weighted by molar-refractivity contribution is 7.89. The van der Waals surface area contributed by atoms with Crippen molar-refractivity contribution in [1.29, 1.82) is 0 Å². The number of hydrogen-bond acceptors (Lipinski definition) is 5. The maximum absolute atomic E-state index is 12.9. The molecule has 7 heteroatoms. The van der Waals surface area contributed by atoms with Gasteiger partial charge in [0.1, 0.15) is 0 Å². The molecule has 4 rings (SSSR count). The summed E-state index contributed by atoms with van der Waals surface area (Å²) in [6.07, 6.45) is 2.83. The van der Waals surface area contributed by atoms with Gasteiger partial charge in [0.2, 0.25) is 10.0 Å². The molecule has 3 atom stereocenters. The molecule has 1 aromatic rings. The summed E-state index contributed by atoms with van der Waals surface area (Å²) in [5.74, 6) is 1.83. The fourth-order valence-corrected chi connectivity index (χ4v) is 5.47. The van der Waals surface area contributed by atoms with Crippen molar-refractivity contribution in [2.45, 2.75) is 30.2 Å². The Morgan fingerprint density at radius 1 is 1.09 bits per heavy atom. The molecule has 3 unspecified atom stereocenters. The van der Waals surface area contributed by atoms with Gasteiger partial charge in [-0.05, 0) is 36.8 Å². The fraction of sp³-hybridized carbons (Fsp3) is 0.625. The Labute approximate surface area is 136 Å². The minimum absolute atomic E-state index is 0.129. The molecule has 3 aliphatic rings. The number of nitrogens with two attached hydrogens (primary N) is 1. The molecule has 1 aromatic carbocycles. The van der Waals surface area contributed by atoms with E-state index in [9.17, 15) is 8.42 Å². The van der Waals surface area contributed by atoms with Crippen LogP contribution in [0.5, 0.6) is 11.5 Å². The summed E-state index contributed by atoms with van der Waals surface area (Å²) in [5, 5.41) is 0. The van der Waals surface area contributed by atoms with Crippen LogP contribution in [-0.2, 0) is 10.0 Å². The molecule has 6 nitrogen and oxygen atoms in total. The van der Waals surface area contributed by atoms with Crippen molar-refractivity contribution < 1.29 is 17.9 Å². The van der Waals surface area contributed by atoms with Gasteiger partial charge >= 0.3 is 0 Å². The van der Waals surface area contributed by atoms with Crippen molar-refractivity contribution in [2.75, 3.05) is 26.3 Å². The van der Waals surface area contributed by atoms with Gasteiger partial charge in [0.05, 0.1) is 18.1 Å². The topological polar surface area (TPSA) is 81.9 Å². The van der Waals surface area contributed by atoms with Gasteiger partial charge in [-0.2, -0.15) is 4.31 Å². The zero-order valence-electron chi connectivity index (χ0n) is 13.0. The molecular formula is C16H22N2O4S. The maximum atomic E-state index is 12.9. The first-order chi connectivity index (χ1) is 11.1. The molecule has 0 radical (unpaired) electrons. The number of rotatable bonds is 2. The molecule has 2 fully saturated rings. The lowest BCUT2D eigenvalue weighted by Gasteiger charge is -2.19. The normalized spacial score (nSPS) is 30.9. The largest absolute Gasteiger partial charge is 0.490 e. The summed E-state index contributed by atoms with van der Waals surface area (Å²) in [6.45, 7) is 2.24. The summed E-state index contributed by atoms with van der Waals surface area (Å²) in [5.41, 5.74) is 6.11. The third kappa shape index (κ3) is 2.60. The molecule has 1 saturated heterocycles. The van der Waals surface area contributed by atoms with Crippen LogP contribution in [-0.4, -0.2) is 45.1 Å². The van der Waals surface area contributed by atoms with Crippen LogP contribution in [0.2, 0.25) is 0 Å². The Hall–Kier alpha value is -1.31. The van der Waals surface area contributed by atoms with Crippen molar-refractivity contribution in [2.24, 2.45) is 17.6 Å². The number of fused-ring (bicyclic) bond motifs is 2. The lowest BCUT2D eigenvalue weighted by Crippen LogP contribution is -2.33. The van der Waals surface area contributed by atoms with Gasteiger partial charge in [-0.3, -0.25) is 0 Å². The number of sulfonamides is 1. The van der Waals surface area contributed by atoms with Crippen molar-refractivity contribution >= 4 is 10.0 Å². The zero-order chi connectivity index (χ0) is 16.0. The SMILES string of the molecule is NC1CCC2CN(S(=O)(=O)c3ccc4c(c3)OCCCO4)CC12. The van der Waals surface area contributed by atoms with E-state index in [1.807, 2.05) is 0 Å². The summed E-state index contributed by atoms with van der Waals surface area (Å²) in [6, 6.07) is 5.01. The number of ether oxygens (including phenoxy) is 2. The maximum Gasteiger partial charge on any atom is 0.243 e. The first-order valence-corrected chi connectivity index (χ1v) is 9.65. The molecule has 2 N–H and O–H groups in total. The highest BCUT2D eigenvalue weighted by atomic mass is 32.2. The summed E-state index contributed by atoms with van der Waals surface area (Å²) >= 11 is 0. The quantitative estimate of drug-likeness (QED) is 0.876. The molecule has 0 amide bonds. The molecule has 0 aromatic heterocycles. The van der Waals surface area contributed by atoms with Crippen LogP contribution in [0, 0.1) is 11.8 Å². The summed E-state index contributed by atoms with van der Waals surface area (Å²) in [7, 11) is -3.51. The third-order valence-electron chi connectivity index (χ3n) is 5.24. The van der Waals surface area contributed by atoms with Crippen molar-refractivity contribution in [3.05, 3.63) is 18.2 Å². The Kier molecular flexibility index (Phi) is 3.74. The Bertz CT molecular complexity index is 706. The molecule has 2 heterocycles. The predicted molar refractivity (Wildman–Crippen MR) is 85.0 cm³/mol. The molecule has 1 saturated carbocycles. The lowest BCUT2D eigenvalue weighted by molar-refractivity contribution is 0.297. The molecule has 2 aliphatic heterocycles. The number of benzene rings is 1. The number of hydrogen-bond donors (Lipinski definition) is 1. The van der Waals surface area contributed by atoms with E-state index < -0.39 is 10.0 Å². The fourth-order valence-electron chi connectivity index (χ4n) is 3.92. The zero-order valence-corrected chi connectivity index (χ0v) is 13.8. The van der Waals surface area contributed by atoms with Crippen LogP contribution < -0.4 is 15.2 Å². The van der Waals surface area contributed by atoms with Gasteiger partial charge < -0.3 is 15.2 Å². The molecule has 1 aliphatic carbocycles. The second kappa shape index (κ2) is 5.65. The Morgan fingerprint density at radius 3 is 2.65 bits per heavy atom. The van der Waals surface area contributed by atoms with E-state index in [4.69, 9.17) is 15.2 Å². The summed E-state index contributed by atoms with van der Waals surface area (Å²) < 4.78 is 38.6. The second-order valence-corrected chi connectivity index (χ2v) is 8.58. The Balaban J connectivity index is 1.61. The van der Waals surface area contributed by atoms with E-state index in [2.05, 4.69) is 0 Å². The van der Waals surface area contributed by atoms with Crippen LogP contribution >= 0.6 is 0 Å². The number of nitrogens with zero attached hydrogens (tertiary/aromatic N) is 1. The standard InChI is InChI=1S/C16H22N2O4S/c17-14-4-2-11-9-18(10-13(11)14)23(19,20)12-3-5-15-16(8-12)22-7-1-6-21-15/h3,5,8,11,13-14H,1-2,4,6-7,9-10,17H2. The molecule has 23 heavy (non-hydrogen) atoms. The molecule has 0 spiro atoms. The molecule has 0 bridgehead atoms. The van der Waals surface area contributed by atoms with Gasteiger partial charge in [-0.1, -0.05) is 0 Å². The third-order valence-corrected chi connectivity index (χ3v) is 7.06. The van der Waals surface area contributed by atoms with Crippen LogP contribution in [0.4, 0.5) is 0 Å². The van der Waals surface area contributed by atoms with E-state index in [1.165, 1.54) is 0 Å². The minimum atomic E-state index is -3.51.